The molecule has 4 nitrogen and oxygen atoms in total. The second kappa shape index (κ2) is 6.05. The molecule has 2 N–H and O–H groups in total. The second-order valence-corrected chi connectivity index (χ2v) is 4.32. The monoisotopic (exact) mass is 227 g/mol. The molecule has 84 valence electrons. The topological polar surface area (TPSA) is 61.0 Å². The van der Waals surface area contributed by atoms with Gasteiger partial charge in [-0.25, -0.2) is 0 Å². The van der Waals surface area contributed by atoms with Crippen LogP contribution in [0, 0.1) is 13.8 Å². The average Bonchev–Trinajstić information content (AvgIpc) is 2.24. The van der Waals surface area contributed by atoms with Crippen LogP contribution in [0.15, 0.2) is 5.03 Å². The summed E-state index contributed by atoms with van der Waals surface area (Å²) in [6, 6.07) is 0. The van der Waals surface area contributed by atoms with Crippen LogP contribution >= 0.6 is 11.8 Å². The van der Waals surface area contributed by atoms with Gasteiger partial charge in [0.15, 0.2) is 0 Å². The van der Waals surface area contributed by atoms with Gasteiger partial charge in [-0.1, -0.05) is 0 Å². The Kier molecular flexibility index (Phi) is 5.01. The maximum atomic E-state index is 5.71. The zero-order valence-corrected chi connectivity index (χ0v) is 10.2. The molecule has 0 bridgehead atoms. The first kappa shape index (κ1) is 12.4. The summed E-state index contributed by atoms with van der Waals surface area (Å²) in [6.07, 6.45) is 0. The van der Waals surface area contributed by atoms with E-state index in [2.05, 4.69) is 10.2 Å². The number of aryl methyl sites for hydroxylation is 1. The van der Waals surface area contributed by atoms with Gasteiger partial charge in [0.1, 0.15) is 5.03 Å². The number of hydrogen-bond donors (Lipinski definition) is 1. The first-order chi connectivity index (χ1) is 7.20. The number of hydrogen-bond acceptors (Lipinski definition) is 5. The lowest BCUT2D eigenvalue weighted by molar-refractivity contribution is 0.218. The molecular formula is C10H17N3OS. The molecule has 0 saturated heterocycles. The zero-order chi connectivity index (χ0) is 11.3. The highest BCUT2D eigenvalue weighted by atomic mass is 32.2. The first-order valence-electron chi connectivity index (χ1n) is 4.85. The van der Waals surface area contributed by atoms with Gasteiger partial charge in [0.2, 0.25) is 0 Å². The SMILES string of the molecule is COCCSc1nnc(C)c(C)c1CN. The minimum Gasteiger partial charge on any atom is -0.384 e. The predicted molar refractivity (Wildman–Crippen MR) is 62.0 cm³/mol. The van der Waals surface area contributed by atoms with Crippen LogP contribution in [0.1, 0.15) is 16.8 Å². The maximum Gasteiger partial charge on any atom is 0.124 e. The lowest BCUT2D eigenvalue weighted by Gasteiger charge is -2.10. The summed E-state index contributed by atoms with van der Waals surface area (Å²) in [5.74, 6) is 0.876. The lowest BCUT2D eigenvalue weighted by Crippen LogP contribution is -2.07. The maximum absolute atomic E-state index is 5.71. The molecule has 15 heavy (non-hydrogen) atoms. The summed E-state index contributed by atoms with van der Waals surface area (Å²) < 4.78 is 4.99. The molecule has 0 saturated carbocycles. The van der Waals surface area contributed by atoms with Gasteiger partial charge in [-0.2, -0.15) is 5.10 Å². The Balaban J connectivity index is 2.83. The van der Waals surface area contributed by atoms with Crippen molar-refractivity contribution < 1.29 is 4.74 Å². The summed E-state index contributed by atoms with van der Waals surface area (Å²) in [7, 11) is 1.69. The molecule has 0 unspecified atom stereocenters. The molecule has 0 aliphatic carbocycles. The van der Waals surface area contributed by atoms with E-state index in [0.717, 1.165) is 27.6 Å². The smallest absolute Gasteiger partial charge is 0.124 e. The Hall–Kier alpha value is -0.650. The van der Waals surface area contributed by atoms with E-state index in [1.165, 1.54) is 0 Å². The summed E-state index contributed by atoms with van der Waals surface area (Å²) in [5.41, 5.74) is 8.91. The van der Waals surface area contributed by atoms with Crippen molar-refractivity contribution >= 4 is 11.8 Å². The minimum absolute atomic E-state index is 0.511. The van der Waals surface area contributed by atoms with Gasteiger partial charge in [-0.3, -0.25) is 0 Å². The quantitative estimate of drug-likeness (QED) is 0.606. The Morgan fingerprint density at radius 2 is 2.07 bits per heavy atom. The molecule has 0 radical (unpaired) electrons. The number of methoxy groups -OCH3 is 1. The molecule has 0 spiro atoms. The molecular weight excluding hydrogens is 210 g/mol. The average molecular weight is 227 g/mol. The van der Waals surface area contributed by atoms with Gasteiger partial charge < -0.3 is 10.5 Å². The fourth-order valence-electron chi connectivity index (χ4n) is 1.21. The van der Waals surface area contributed by atoms with Crippen molar-refractivity contribution in [3.63, 3.8) is 0 Å². The number of thioether (sulfide) groups is 1. The highest BCUT2D eigenvalue weighted by Crippen LogP contribution is 2.22. The first-order valence-corrected chi connectivity index (χ1v) is 5.83. The van der Waals surface area contributed by atoms with E-state index in [4.69, 9.17) is 10.5 Å². The molecule has 0 aliphatic rings. The fraction of sp³-hybridized carbons (Fsp3) is 0.600. The van der Waals surface area contributed by atoms with E-state index >= 15 is 0 Å². The fourth-order valence-corrected chi connectivity index (χ4v) is 2.17. The van der Waals surface area contributed by atoms with Crippen molar-refractivity contribution in [2.75, 3.05) is 19.5 Å². The normalized spacial score (nSPS) is 10.7. The number of nitrogens with two attached hydrogens (primary N) is 1. The lowest BCUT2D eigenvalue weighted by atomic mass is 10.1. The molecule has 0 aliphatic heterocycles. The number of ether oxygens (including phenoxy) is 1. The predicted octanol–water partition coefficient (Wildman–Crippen LogP) is 1.29. The van der Waals surface area contributed by atoms with Crippen molar-refractivity contribution in [2.45, 2.75) is 25.4 Å². The standard InChI is InChI=1S/C10H17N3OS/c1-7-8(2)12-13-10(9(7)6-11)15-5-4-14-3/h4-6,11H2,1-3H3. The van der Waals surface area contributed by atoms with Crippen LogP contribution in [-0.2, 0) is 11.3 Å². The second-order valence-electron chi connectivity index (χ2n) is 3.24. The summed E-state index contributed by atoms with van der Waals surface area (Å²) in [4.78, 5) is 0. The molecule has 1 aromatic rings. The third-order valence-corrected chi connectivity index (χ3v) is 3.25. The minimum atomic E-state index is 0.511. The molecule has 0 fully saturated rings. The Labute approximate surface area is 94.6 Å². The van der Waals surface area contributed by atoms with Gasteiger partial charge in [-0.15, -0.1) is 16.9 Å². The van der Waals surface area contributed by atoms with Gasteiger partial charge in [0, 0.05) is 25.0 Å². The number of aromatic nitrogens is 2. The van der Waals surface area contributed by atoms with Crippen molar-refractivity contribution in [2.24, 2.45) is 5.73 Å². The third kappa shape index (κ3) is 3.15. The van der Waals surface area contributed by atoms with Crippen LogP contribution in [0.2, 0.25) is 0 Å². The molecule has 0 amide bonds. The van der Waals surface area contributed by atoms with Crippen LogP contribution in [0.25, 0.3) is 0 Å². The molecule has 0 aromatic carbocycles. The molecule has 5 heteroatoms. The Morgan fingerprint density at radius 1 is 1.33 bits per heavy atom. The third-order valence-electron chi connectivity index (χ3n) is 2.27. The highest BCUT2D eigenvalue weighted by Gasteiger charge is 2.09. The van der Waals surface area contributed by atoms with Crippen LogP contribution in [0.3, 0.4) is 0 Å². The van der Waals surface area contributed by atoms with Crippen LogP contribution < -0.4 is 5.73 Å². The zero-order valence-electron chi connectivity index (χ0n) is 9.41. The molecule has 1 rings (SSSR count). The van der Waals surface area contributed by atoms with Gasteiger partial charge in [0.25, 0.3) is 0 Å². The molecule has 0 atom stereocenters. The Morgan fingerprint density at radius 3 is 2.67 bits per heavy atom. The van der Waals surface area contributed by atoms with Crippen LogP contribution in [0.4, 0.5) is 0 Å². The van der Waals surface area contributed by atoms with E-state index < -0.39 is 0 Å². The number of nitrogens with zero attached hydrogens (tertiary/aromatic N) is 2. The van der Waals surface area contributed by atoms with Crippen LogP contribution in [0.5, 0.6) is 0 Å². The van der Waals surface area contributed by atoms with Gasteiger partial charge >= 0.3 is 0 Å². The van der Waals surface area contributed by atoms with Gasteiger partial charge in [0.05, 0.1) is 12.3 Å². The van der Waals surface area contributed by atoms with E-state index in [1.807, 2.05) is 13.8 Å². The van der Waals surface area contributed by atoms with E-state index in [1.54, 1.807) is 18.9 Å². The largest absolute Gasteiger partial charge is 0.384 e. The van der Waals surface area contributed by atoms with Gasteiger partial charge in [-0.05, 0) is 19.4 Å². The highest BCUT2D eigenvalue weighted by molar-refractivity contribution is 7.99. The van der Waals surface area contributed by atoms with Crippen LogP contribution in [-0.4, -0.2) is 29.7 Å². The van der Waals surface area contributed by atoms with Crippen molar-refractivity contribution in [3.05, 3.63) is 16.8 Å². The summed E-state index contributed by atoms with van der Waals surface area (Å²) in [5, 5.41) is 9.19. The van der Waals surface area contributed by atoms with Crippen molar-refractivity contribution in [3.8, 4) is 0 Å². The number of rotatable bonds is 5. The Bertz CT molecular complexity index is 331. The molecule has 1 heterocycles. The van der Waals surface area contributed by atoms with E-state index in [0.29, 0.717) is 13.2 Å². The van der Waals surface area contributed by atoms with E-state index in [-0.39, 0.29) is 0 Å². The van der Waals surface area contributed by atoms with E-state index in [9.17, 15) is 0 Å². The van der Waals surface area contributed by atoms with Crippen molar-refractivity contribution in [1.82, 2.24) is 10.2 Å². The molecule has 1 aromatic heterocycles. The summed E-state index contributed by atoms with van der Waals surface area (Å²) in [6.45, 7) is 5.21. The summed E-state index contributed by atoms with van der Waals surface area (Å²) >= 11 is 1.64. The van der Waals surface area contributed by atoms with Crippen molar-refractivity contribution in [1.29, 1.82) is 0 Å².